The Balaban J connectivity index is 2.40. The summed E-state index contributed by atoms with van der Waals surface area (Å²) in [5.74, 6) is -0.843. The third kappa shape index (κ3) is 2.36. The van der Waals surface area contributed by atoms with Crippen molar-refractivity contribution in [2.75, 3.05) is 0 Å². The van der Waals surface area contributed by atoms with Crippen molar-refractivity contribution in [2.24, 2.45) is 12.1 Å². The number of carbonyl (C=O) groups excluding carboxylic acids is 1. The maximum Gasteiger partial charge on any atom is 0.298 e. The molecule has 6 nitrogen and oxygen atoms in total. The van der Waals surface area contributed by atoms with Crippen LogP contribution in [0.15, 0.2) is 11.3 Å². The van der Waals surface area contributed by atoms with Crippen molar-refractivity contribution in [2.45, 2.75) is 25.5 Å². The van der Waals surface area contributed by atoms with E-state index in [0.717, 1.165) is 0 Å². The van der Waals surface area contributed by atoms with Crippen molar-refractivity contribution < 1.29 is 18.7 Å². The van der Waals surface area contributed by atoms with E-state index in [4.69, 9.17) is 0 Å². The summed E-state index contributed by atoms with van der Waals surface area (Å²) >= 11 is 1.87. The number of rotatable bonds is 2. The van der Waals surface area contributed by atoms with Crippen LogP contribution >= 0.6 is 22.6 Å². The lowest BCUT2D eigenvalue weighted by molar-refractivity contribution is -0.164. The van der Waals surface area contributed by atoms with Gasteiger partial charge in [0.25, 0.3) is 12.3 Å². The average Bonchev–Trinajstić information content (AvgIpc) is 2.79. The second-order valence-corrected chi connectivity index (χ2v) is 5.47. The van der Waals surface area contributed by atoms with Gasteiger partial charge < -0.3 is 5.11 Å². The van der Waals surface area contributed by atoms with Gasteiger partial charge in [-0.25, -0.2) is 8.78 Å². The van der Waals surface area contributed by atoms with E-state index in [1.165, 1.54) is 11.6 Å². The summed E-state index contributed by atoms with van der Waals surface area (Å²) in [4.78, 5) is 12.2. The fourth-order valence-electron chi connectivity index (χ4n) is 1.84. The Morgan fingerprint density at radius 3 is 2.74 bits per heavy atom. The van der Waals surface area contributed by atoms with Gasteiger partial charge in [-0.3, -0.25) is 9.48 Å². The molecule has 1 aliphatic rings. The predicted octanol–water partition coefficient (Wildman–Crippen LogP) is 1.20. The van der Waals surface area contributed by atoms with Crippen LogP contribution in [0, 0.1) is 3.57 Å². The SMILES string of the molecule is CC1=NN(C(=O)c2nn(C)cc2I)C(O)(C(F)F)C1. The van der Waals surface area contributed by atoms with E-state index < -0.39 is 18.1 Å². The topological polar surface area (TPSA) is 70.7 Å². The summed E-state index contributed by atoms with van der Waals surface area (Å²) in [6.07, 6.45) is -1.92. The number of carbonyl (C=O) groups is 1. The molecule has 104 valence electrons. The first-order valence-corrected chi connectivity index (χ1v) is 6.42. The minimum absolute atomic E-state index is 0.0133. The van der Waals surface area contributed by atoms with Gasteiger partial charge in [-0.15, -0.1) is 0 Å². The van der Waals surface area contributed by atoms with Crippen LogP contribution in [-0.4, -0.2) is 43.7 Å². The molecule has 1 unspecified atom stereocenters. The molecule has 2 heterocycles. The molecule has 0 aliphatic carbocycles. The molecule has 0 radical (unpaired) electrons. The lowest BCUT2D eigenvalue weighted by atomic mass is 10.1. The highest BCUT2D eigenvalue weighted by Gasteiger charge is 2.51. The van der Waals surface area contributed by atoms with Crippen LogP contribution in [0.25, 0.3) is 0 Å². The van der Waals surface area contributed by atoms with Crippen molar-refractivity contribution >= 4 is 34.2 Å². The van der Waals surface area contributed by atoms with E-state index in [-0.39, 0.29) is 17.8 Å². The standard InChI is InChI=1S/C10H11F2IN4O2/c1-5-3-10(19,9(11)12)17(14-5)8(18)7-6(13)4-16(2)15-7/h4,9,19H,3H2,1-2H3. The van der Waals surface area contributed by atoms with Crippen molar-refractivity contribution in [1.82, 2.24) is 14.8 Å². The van der Waals surface area contributed by atoms with Crippen LogP contribution < -0.4 is 0 Å². The Labute approximate surface area is 121 Å². The first-order chi connectivity index (χ1) is 8.75. The zero-order valence-electron chi connectivity index (χ0n) is 10.1. The quantitative estimate of drug-likeness (QED) is 0.780. The van der Waals surface area contributed by atoms with Crippen molar-refractivity contribution in [1.29, 1.82) is 0 Å². The van der Waals surface area contributed by atoms with Gasteiger partial charge in [-0.2, -0.15) is 15.2 Å². The molecule has 9 heteroatoms. The van der Waals surface area contributed by atoms with Crippen molar-refractivity contribution in [3.05, 3.63) is 15.5 Å². The summed E-state index contributed by atoms with van der Waals surface area (Å²) in [5.41, 5.74) is -2.34. The second kappa shape index (κ2) is 4.78. The van der Waals surface area contributed by atoms with E-state index in [0.29, 0.717) is 8.58 Å². The number of nitrogens with zero attached hydrogens (tertiary/aromatic N) is 4. The number of hydrazone groups is 1. The molecule has 0 saturated carbocycles. The molecule has 1 aromatic heterocycles. The summed E-state index contributed by atoms with van der Waals surface area (Å²) in [7, 11) is 1.61. The largest absolute Gasteiger partial charge is 0.364 e. The summed E-state index contributed by atoms with van der Waals surface area (Å²) < 4.78 is 27.9. The highest BCUT2D eigenvalue weighted by molar-refractivity contribution is 14.1. The molecule has 1 aromatic rings. The predicted molar refractivity (Wildman–Crippen MR) is 70.8 cm³/mol. The maximum atomic E-state index is 13.0. The van der Waals surface area contributed by atoms with Crippen molar-refractivity contribution in [3.8, 4) is 0 Å². The molecular formula is C10H11F2IN4O2. The molecular weight excluding hydrogens is 373 g/mol. The molecule has 1 aliphatic heterocycles. The fourth-order valence-corrected chi connectivity index (χ4v) is 2.58. The Bertz CT molecular complexity index is 560. The van der Waals surface area contributed by atoms with Gasteiger partial charge in [-0.1, -0.05) is 0 Å². The second-order valence-electron chi connectivity index (χ2n) is 4.31. The Morgan fingerprint density at radius 1 is 1.63 bits per heavy atom. The minimum Gasteiger partial charge on any atom is -0.364 e. The number of hydrogen-bond donors (Lipinski definition) is 1. The van der Waals surface area contributed by atoms with Gasteiger partial charge in [0.1, 0.15) is 0 Å². The summed E-state index contributed by atoms with van der Waals surface area (Å²) in [5, 5.41) is 18.0. The molecule has 1 N–H and O–H groups in total. The summed E-state index contributed by atoms with van der Waals surface area (Å²) in [6, 6.07) is 0. The fraction of sp³-hybridized carbons (Fsp3) is 0.500. The minimum atomic E-state index is -3.11. The normalized spacial score (nSPS) is 23.1. The van der Waals surface area contributed by atoms with E-state index in [1.807, 2.05) is 22.6 Å². The first kappa shape index (κ1) is 14.3. The number of amides is 1. The zero-order valence-corrected chi connectivity index (χ0v) is 12.3. The van der Waals surface area contributed by atoms with Crippen LogP contribution in [0.1, 0.15) is 23.8 Å². The zero-order chi connectivity index (χ0) is 14.4. The van der Waals surface area contributed by atoms with Gasteiger partial charge in [0, 0.05) is 25.4 Å². The van der Waals surface area contributed by atoms with Crippen molar-refractivity contribution in [3.63, 3.8) is 0 Å². The molecule has 0 spiro atoms. The number of aryl methyl sites for hydroxylation is 1. The number of aromatic nitrogens is 2. The molecule has 0 bridgehead atoms. The van der Waals surface area contributed by atoms with E-state index in [9.17, 15) is 18.7 Å². The van der Waals surface area contributed by atoms with Crippen LogP contribution in [0.3, 0.4) is 0 Å². The van der Waals surface area contributed by atoms with E-state index in [2.05, 4.69) is 10.2 Å². The molecule has 1 atom stereocenters. The Morgan fingerprint density at radius 2 is 2.26 bits per heavy atom. The smallest absolute Gasteiger partial charge is 0.298 e. The van der Waals surface area contributed by atoms with Gasteiger partial charge in [0.15, 0.2) is 5.69 Å². The third-order valence-corrected chi connectivity index (χ3v) is 3.47. The molecule has 2 rings (SSSR count). The molecule has 0 aromatic carbocycles. The van der Waals surface area contributed by atoms with Crippen LogP contribution in [0.2, 0.25) is 0 Å². The van der Waals surface area contributed by atoms with Crippen LogP contribution in [0.5, 0.6) is 0 Å². The number of hydrogen-bond acceptors (Lipinski definition) is 4. The molecule has 0 fully saturated rings. The maximum absolute atomic E-state index is 13.0. The van der Waals surface area contributed by atoms with Gasteiger partial charge in [0.2, 0.25) is 5.72 Å². The highest BCUT2D eigenvalue weighted by atomic mass is 127. The first-order valence-electron chi connectivity index (χ1n) is 5.34. The van der Waals surface area contributed by atoms with Gasteiger partial charge in [-0.05, 0) is 29.5 Å². The third-order valence-electron chi connectivity index (χ3n) is 2.68. The lowest BCUT2D eigenvalue weighted by Gasteiger charge is -2.29. The molecule has 1 amide bonds. The molecule has 0 saturated heterocycles. The highest BCUT2D eigenvalue weighted by Crippen LogP contribution is 2.32. The summed E-state index contributed by atoms with van der Waals surface area (Å²) in [6.45, 7) is 1.48. The van der Waals surface area contributed by atoms with Crippen LogP contribution in [-0.2, 0) is 7.05 Å². The number of halogens is 3. The molecule has 19 heavy (non-hydrogen) atoms. The Hall–Kier alpha value is -1.10. The average molecular weight is 384 g/mol. The Kier molecular flexibility index (Phi) is 3.60. The lowest BCUT2D eigenvalue weighted by Crippen LogP contribution is -2.51. The van der Waals surface area contributed by atoms with Gasteiger partial charge in [0.05, 0.1) is 3.57 Å². The van der Waals surface area contributed by atoms with Gasteiger partial charge >= 0.3 is 0 Å². The van der Waals surface area contributed by atoms with Crippen LogP contribution in [0.4, 0.5) is 8.78 Å². The number of alkyl halides is 2. The number of aliphatic hydroxyl groups is 1. The van der Waals surface area contributed by atoms with E-state index >= 15 is 0 Å². The monoisotopic (exact) mass is 384 g/mol. The van der Waals surface area contributed by atoms with E-state index in [1.54, 1.807) is 13.2 Å².